The number of piperidine rings is 1. The predicted octanol–water partition coefficient (Wildman–Crippen LogP) is 1.67. The molecule has 1 aliphatic heterocycles. The van der Waals surface area contributed by atoms with E-state index in [4.69, 9.17) is 10.5 Å². The van der Waals surface area contributed by atoms with Gasteiger partial charge in [-0.1, -0.05) is 12.1 Å². The molecule has 1 aliphatic rings. The van der Waals surface area contributed by atoms with Crippen LogP contribution in [-0.4, -0.2) is 48.3 Å². The van der Waals surface area contributed by atoms with E-state index in [-0.39, 0.29) is 17.8 Å². The molecule has 0 atom stereocenters. The number of hydrogen-bond donors (Lipinski definition) is 2. The Labute approximate surface area is 125 Å². The first-order valence-corrected chi connectivity index (χ1v) is 7.53. The van der Waals surface area contributed by atoms with Crippen LogP contribution in [0.5, 0.6) is 5.75 Å². The summed E-state index contributed by atoms with van der Waals surface area (Å²) in [5.74, 6) is -0.0135. The summed E-state index contributed by atoms with van der Waals surface area (Å²) in [6.07, 6.45) is 2.76. The van der Waals surface area contributed by atoms with Crippen LogP contribution in [0.1, 0.15) is 35.2 Å². The second kappa shape index (κ2) is 7.43. The summed E-state index contributed by atoms with van der Waals surface area (Å²) in [5, 5.41) is 10.0. The molecule has 1 fully saturated rings. The van der Waals surface area contributed by atoms with Gasteiger partial charge in [-0.3, -0.25) is 4.79 Å². The fourth-order valence-electron chi connectivity index (χ4n) is 2.56. The Morgan fingerprint density at radius 2 is 2.14 bits per heavy atom. The Hall–Kier alpha value is -1.59. The van der Waals surface area contributed by atoms with Crippen LogP contribution >= 0.6 is 0 Å². The first-order valence-electron chi connectivity index (χ1n) is 7.53. The number of carbonyl (C=O) groups is 1. The minimum absolute atomic E-state index is 0.0869. The maximum Gasteiger partial charge on any atom is 0.257 e. The lowest BCUT2D eigenvalue weighted by Crippen LogP contribution is -2.41. The molecule has 5 nitrogen and oxygen atoms in total. The van der Waals surface area contributed by atoms with Crippen LogP contribution < -0.4 is 5.73 Å². The Bertz CT molecular complexity index is 482. The number of amides is 1. The van der Waals surface area contributed by atoms with Crippen molar-refractivity contribution >= 4 is 5.91 Å². The van der Waals surface area contributed by atoms with E-state index in [9.17, 15) is 9.90 Å². The van der Waals surface area contributed by atoms with E-state index in [0.29, 0.717) is 31.8 Å². The number of para-hydroxylation sites is 1. The minimum Gasteiger partial charge on any atom is -0.507 e. The molecule has 116 valence electrons. The lowest BCUT2D eigenvalue weighted by Gasteiger charge is -2.32. The first kappa shape index (κ1) is 15.8. The SMILES string of the molecule is Cc1cccc(C(=O)N2CCC(OCCCN)CC2)c1O. The lowest BCUT2D eigenvalue weighted by atomic mass is 10.0. The lowest BCUT2D eigenvalue weighted by molar-refractivity contribution is 0.00838. The Morgan fingerprint density at radius 3 is 2.81 bits per heavy atom. The van der Waals surface area contributed by atoms with E-state index in [1.165, 1.54) is 0 Å². The van der Waals surface area contributed by atoms with Gasteiger partial charge < -0.3 is 20.5 Å². The van der Waals surface area contributed by atoms with Crippen molar-refractivity contribution in [3.63, 3.8) is 0 Å². The van der Waals surface area contributed by atoms with Crippen molar-refractivity contribution in [1.82, 2.24) is 4.90 Å². The van der Waals surface area contributed by atoms with E-state index in [0.717, 1.165) is 24.8 Å². The molecule has 1 saturated heterocycles. The van der Waals surface area contributed by atoms with Gasteiger partial charge in [0.1, 0.15) is 5.75 Å². The maximum absolute atomic E-state index is 12.4. The molecule has 0 saturated carbocycles. The van der Waals surface area contributed by atoms with Gasteiger partial charge in [-0.2, -0.15) is 0 Å². The van der Waals surface area contributed by atoms with Gasteiger partial charge in [0.25, 0.3) is 5.91 Å². The van der Waals surface area contributed by atoms with Crippen LogP contribution in [0, 0.1) is 6.92 Å². The van der Waals surface area contributed by atoms with Crippen molar-refractivity contribution < 1.29 is 14.6 Å². The summed E-state index contributed by atoms with van der Waals surface area (Å²) >= 11 is 0. The van der Waals surface area contributed by atoms with Gasteiger partial charge in [0.15, 0.2) is 0 Å². The molecule has 2 rings (SSSR count). The highest BCUT2D eigenvalue weighted by molar-refractivity contribution is 5.97. The van der Waals surface area contributed by atoms with Crippen LogP contribution in [0.3, 0.4) is 0 Å². The number of ether oxygens (including phenoxy) is 1. The molecule has 5 heteroatoms. The summed E-state index contributed by atoms with van der Waals surface area (Å²) < 4.78 is 5.73. The number of rotatable bonds is 5. The quantitative estimate of drug-likeness (QED) is 0.809. The highest BCUT2D eigenvalue weighted by Crippen LogP contribution is 2.24. The number of nitrogens with two attached hydrogens (primary N) is 1. The van der Waals surface area contributed by atoms with Crippen molar-refractivity contribution in [1.29, 1.82) is 0 Å². The van der Waals surface area contributed by atoms with Gasteiger partial charge >= 0.3 is 0 Å². The van der Waals surface area contributed by atoms with Crippen molar-refractivity contribution in [2.45, 2.75) is 32.3 Å². The van der Waals surface area contributed by atoms with Crippen molar-refractivity contribution in [3.05, 3.63) is 29.3 Å². The van der Waals surface area contributed by atoms with Crippen LogP contribution in [0.25, 0.3) is 0 Å². The smallest absolute Gasteiger partial charge is 0.257 e. The normalized spacial score (nSPS) is 16.2. The van der Waals surface area contributed by atoms with E-state index < -0.39 is 0 Å². The zero-order chi connectivity index (χ0) is 15.2. The fourth-order valence-corrected chi connectivity index (χ4v) is 2.56. The van der Waals surface area contributed by atoms with Gasteiger partial charge in [-0.05, 0) is 44.4 Å². The van der Waals surface area contributed by atoms with E-state index in [1.54, 1.807) is 30.0 Å². The van der Waals surface area contributed by atoms with Crippen LogP contribution in [0.2, 0.25) is 0 Å². The number of nitrogens with zero attached hydrogens (tertiary/aromatic N) is 1. The van der Waals surface area contributed by atoms with E-state index in [1.807, 2.05) is 0 Å². The molecule has 21 heavy (non-hydrogen) atoms. The standard InChI is InChI=1S/C16H24N2O3/c1-12-4-2-5-14(15(12)19)16(20)18-9-6-13(7-10-18)21-11-3-8-17/h2,4-5,13,19H,3,6-11,17H2,1H3. The molecule has 0 bridgehead atoms. The number of benzene rings is 1. The topological polar surface area (TPSA) is 75.8 Å². The number of hydrogen-bond acceptors (Lipinski definition) is 4. The second-order valence-corrected chi connectivity index (χ2v) is 5.48. The molecule has 1 aromatic rings. The van der Waals surface area contributed by atoms with Crippen LogP contribution in [-0.2, 0) is 4.74 Å². The van der Waals surface area contributed by atoms with Gasteiger partial charge in [-0.15, -0.1) is 0 Å². The number of phenols is 1. The molecule has 3 N–H and O–H groups in total. The fraction of sp³-hybridized carbons (Fsp3) is 0.562. The monoisotopic (exact) mass is 292 g/mol. The third-order valence-electron chi connectivity index (χ3n) is 3.90. The third-order valence-corrected chi connectivity index (χ3v) is 3.90. The predicted molar refractivity (Wildman–Crippen MR) is 81.4 cm³/mol. The highest BCUT2D eigenvalue weighted by atomic mass is 16.5. The molecule has 0 unspecified atom stereocenters. The zero-order valence-corrected chi connectivity index (χ0v) is 12.5. The number of aryl methyl sites for hydroxylation is 1. The summed E-state index contributed by atoms with van der Waals surface area (Å²) in [6, 6.07) is 5.27. The average Bonchev–Trinajstić information content (AvgIpc) is 2.50. The van der Waals surface area contributed by atoms with Gasteiger partial charge in [0.05, 0.1) is 11.7 Å². The van der Waals surface area contributed by atoms with Crippen LogP contribution in [0.15, 0.2) is 18.2 Å². The molecule has 1 aromatic carbocycles. The van der Waals surface area contributed by atoms with Gasteiger partial charge in [-0.25, -0.2) is 0 Å². The Morgan fingerprint density at radius 1 is 1.43 bits per heavy atom. The summed E-state index contributed by atoms with van der Waals surface area (Å²) in [4.78, 5) is 14.2. The molecular formula is C16H24N2O3. The molecule has 0 aliphatic carbocycles. The number of aromatic hydroxyl groups is 1. The number of likely N-dealkylation sites (tertiary alicyclic amines) is 1. The molecule has 0 aromatic heterocycles. The molecule has 1 amide bonds. The summed E-state index contributed by atoms with van der Waals surface area (Å²) in [6.45, 7) is 4.46. The molecule has 0 spiro atoms. The average molecular weight is 292 g/mol. The second-order valence-electron chi connectivity index (χ2n) is 5.48. The minimum atomic E-state index is -0.100. The summed E-state index contributed by atoms with van der Waals surface area (Å²) in [7, 11) is 0. The van der Waals surface area contributed by atoms with Crippen molar-refractivity contribution in [3.8, 4) is 5.75 Å². The number of phenolic OH excluding ortho intramolecular Hbond substituents is 1. The zero-order valence-electron chi connectivity index (χ0n) is 12.5. The molecule has 0 radical (unpaired) electrons. The molecule has 1 heterocycles. The molecular weight excluding hydrogens is 268 g/mol. The largest absolute Gasteiger partial charge is 0.507 e. The van der Waals surface area contributed by atoms with Crippen molar-refractivity contribution in [2.75, 3.05) is 26.2 Å². The van der Waals surface area contributed by atoms with Crippen molar-refractivity contribution in [2.24, 2.45) is 5.73 Å². The first-order chi connectivity index (χ1) is 10.1. The van der Waals surface area contributed by atoms with E-state index >= 15 is 0 Å². The van der Waals surface area contributed by atoms with Gasteiger partial charge in [0, 0.05) is 19.7 Å². The Kier molecular flexibility index (Phi) is 5.59. The number of carbonyl (C=O) groups excluding carboxylic acids is 1. The van der Waals surface area contributed by atoms with E-state index in [2.05, 4.69) is 0 Å². The Balaban J connectivity index is 1.90. The summed E-state index contributed by atoms with van der Waals surface area (Å²) in [5.41, 5.74) is 6.55. The van der Waals surface area contributed by atoms with Gasteiger partial charge in [0.2, 0.25) is 0 Å². The third kappa shape index (κ3) is 3.95. The maximum atomic E-state index is 12.4. The van der Waals surface area contributed by atoms with Crippen LogP contribution in [0.4, 0.5) is 0 Å². The highest BCUT2D eigenvalue weighted by Gasteiger charge is 2.25.